The first kappa shape index (κ1) is 16.0. The number of nitrogens with one attached hydrogen (secondary N) is 1. The Morgan fingerprint density at radius 2 is 2.16 bits per heavy atom. The van der Waals surface area contributed by atoms with Crippen molar-refractivity contribution in [3.63, 3.8) is 0 Å². The minimum Gasteiger partial charge on any atom is -0.481 e. The van der Waals surface area contributed by atoms with Gasteiger partial charge in [0.05, 0.1) is 6.42 Å². The molecule has 1 aromatic rings. The first-order chi connectivity index (χ1) is 8.88. The molecular formula is C13H15BrClNO3. The van der Waals surface area contributed by atoms with Gasteiger partial charge in [-0.3, -0.25) is 9.59 Å². The van der Waals surface area contributed by atoms with Crippen molar-refractivity contribution in [3.05, 3.63) is 33.3 Å². The Balaban J connectivity index is 2.46. The number of aliphatic carboxylic acids is 1. The Bertz CT molecular complexity index is 479. The molecule has 6 heteroatoms. The molecule has 1 aromatic carbocycles. The molecule has 1 amide bonds. The third kappa shape index (κ3) is 6.07. The van der Waals surface area contributed by atoms with Gasteiger partial charge in [-0.25, -0.2) is 0 Å². The fraction of sp³-hybridized carbons (Fsp3) is 0.385. The minimum atomic E-state index is -0.926. The first-order valence-electron chi connectivity index (χ1n) is 5.83. The van der Waals surface area contributed by atoms with Crippen LogP contribution in [0.4, 0.5) is 0 Å². The highest BCUT2D eigenvalue weighted by Crippen LogP contribution is 2.22. The van der Waals surface area contributed by atoms with Crippen molar-refractivity contribution in [2.24, 2.45) is 0 Å². The number of aryl methyl sites for hydroxylation is 1. The molecule has 0 fully saturated rings. The van der Waals surface area contributed by atoms with Crippen molar-refractivity contribution in [2.75, 3.05) is 0 Å². The Labute approximate surface area is 125 Å². The molecule has 1 unspecified atom stereocenters. The standard InChI is InChI=1S/C13H15BrClNO3/c1-8(6-13(18)19)16-12(17)5-2-9-7-10(15)3-4-11(9)14/h3-4,7-8H,2,5-6H2,1H3,(H,16,17)(H,18,19). The maximum absolute atomic E-state index is 11.7. The maximum atomic E-state index is 11.7. The highest BCUT2D eigenvalue weighted by atomic mass is 79.9. The van der Waals surface area contributed by atoms with E-state index in [4.69, 9.17) is 16.7 Å². The molecule has 104 valence electrons. The number of carboxylic acids is 1. The van der Waals surface area contributed by atoms with Gasteiger partial charge in [0.1, 0.15) is 0 Å². The number of carbonyl (C=O) groups is 2. The summed E-state index contributed by atoms with van der Waals surface area (Å²) in [4.78, 5) is 22.1. The fourth-order valence-electron chi connectivity index (χ4n) is 1.64. The minimum absolute atomic E-state index is 0.0768. The van der Waals surface area contributed by atoms with Crippen LogP contribution in [-0.4, -0.2) is 23.0 Å². The number of halogens is 2. The molecule has 0 heterocycles. The molecule has 0 bridgehead atoms. The average Bonchev–Trinajstić information content (AvgIpc) is 2.29. The lowest BCUT2D eigenvalue weighted by Crippen LogP contribution is -2.34. The molecule has 19 heavy (non-hydrogen) atoms. The third-order valence-electron chi connectivity index (χ3n) is 2.52. The Hall–Kier alpha value is -1.07. The van der Waals surface area contributed by atoms with Gasteiger partial charge in [0.2, 0.25) is 5.91 Å². The number of benzene rings is 1. The topological polar surface area (TPSA) is 66.4 Å². The van der Waals surface area contributed by atoms with Gasteiger partial charge in [0, 0.05) is 22.0 Å². The van der Waals surface area contributed by atoms with Gasteiger partial charge in [-0.2, -0.15) is 0 Å². The van der Waals surface area contributed by atoms with Crippen molar-refractivity contribution in [1.29, 1.82) is 0 Å². The average molecular weight is 349 g/mol. The molecule has 2 N–H and O–H groups in total. The lowest BCUT2D eigenvalue weighted by molar-refractivity contribution is -0.137. The second-order valence-electron chi connectivity index (χ2n) is 4.30. The maximum Gasteiger partial charge on any atom is 0.305 e. The van der Waals surface area contributed by atoms with Crippen LogP contribution in [0.5, 0.6) is 0 Å². The second-order valence-corrected chi connectivity index (χ2v) is 5.59. The van der Waals surface area contributed by atoms with Crippen LogP contribution < -0.4 is 5.32 Å². The van der Waals surface area contributed by atoms with E-state index in [0.717, 1.165) is 10.0 Å². The summed E-state index contributed by atoms with van der Waals surface area (Å²) in [5, 5.41) is 11.9. The van der Waals surface area contributed by atoms with Crippen molar-refractivity contribution >= 4 is 39.4 Å². The fourth-order valence-corrected chi connectivity index (χ4v) is 2.28. The molecule has 0 aromatic heterocycles. The van der Waals surface area contributed by atoms with Crippen LogP contribution in [0.25, 0.3) is 0 Å². The van der Waals surface area contributed by atoms with Gasteiger partial charge in [0.15, 0.2) is 0 Å². The van der Waals surface area contributed by atoms with E-state index in [1.165, 1.54) is 0 Å². The predicted molar refractivity (Wildman–Crippen MR) is 77.3 cm³/mol. The largest absolute Gasteiger partial charge is 0.481 e. The van der Waals surface area contributed by atoms with Crippen molar-refractivity contribution in [2.45, 2.75) is 32.2 Å². The van der Waals surface area contributed by atoms with Crippen molar-refractivity contribution in [1.82, 2.24) is 5.32 Å². The summed E-state index contributed by atoms with van der Waals surface area (Å²) in [5.74, 6) is -1.09. The van der Waals surface area contributed by atoms with E-state index in [9.17, 15) is 9.59 Å². The highest BCUT2D eigenvalue weighted by Gasteiger charge is 2.11. The Morgan fingerprint density at radius 3 is 2.79 bits per heavy atom. The summed E-state index contributed by atoms with van der Waals surface area (Å²) in [6.45, 7) is 1.67. The van der Waals surface area contributed by atoms with E-state index >= 15 is 0 Å². The van der Waals surface area contributed by atoms with Gasteiger partial charge in [-0.05, 0) is 37.1 Å². The third-order valence-corrected chi connectivity index (χ3v) is 3.53. The molecule has 0 aliphatic carbocycles. The van der Waals surface area contributed by atoms with Gasteiger partial charge in [0.25, 0.3) is 0 Å². The first-order valence-corrected chi connectivity index (χ1v) is 7.00. The zero-order chi connectivity index (χ0) is 14.4. The number of carboxylic acid groups (broad SMARTS) is 1. The Morgan fingerprint density at radius 1 is 1.47 bits per heavy atom. The van der Waals surface area contributed by atoms with Crippen molar-refractivity contribution < 1.29 is 14.7 Å². The summed E-state index contributed by atoms with van der Waals surface area (Å²) < 4.78 is 0.906. The van der Waals surface area contributed by atoms with E-state index in [1.54, 1.807) is 19.1 Å². The van der Waals surface area contributed by atoms with Crippen LogP contribution in [0.3, 0.4) is 0 Å². The zero-order valence-corrected chi connectivity index (χ0v) is 12.8. The molecule has 0 saturated carbocycles. The van der Waals surface area contributed by atoms with Gasteiger partial charge < -0.3 is 10.4 Å². The molecular weight excluding hydrogens is 334 g/mol. The monoisotopic (exact) mass is 347 g/mol. The van der Waals surface area contributed by atoms with Crippen LogP contribution in [0, 0.1) is 0 Å². The molecule has 0 aliphatic heterocycles. The lowest BCUT2D eigenvalue weighted by Gasteiger charge is -2.11. The molecule has 0 aliphatic rings. The number of amides is 1. The van der Waals surface area contributed by atoms with Crippen LogP contribution in [0.15, 0.2) is 22.7 Å². The number of carbonyl (C=O) groups excluding carboxylic acids is 1. The summed E-state index contributed by atoms with van der Waals surface area (Å²) >= 11 is 9.28. The number of hydrogen-bond donors (Lipinski definition) is 2. The summed E-state index contributed by atoms with van der Waals surface area (Å²) in [7, 11) is 0. The molecule has 0 saturated heterocycles. The normalized spacial score (nSPS) is 11.9. The van der Waals surface area contributed by atoms with E-state index in [0.29, 0.717) is 17.9 Å². The van der Waals surface area contributed by atoms with Crippen LogP contribution >= 0.6 is 27.5 Å². The molecule has 1 rings (SSSR count). The Kier molecular flexibility index (Phi) is 6.31. The zero-order valence-electron chi connectivity index (χ0n) is 10.5. The number of rotatable bonds is 6. The quantitative estimate of drug-likeness (QED) is 0.830. The van der Waals surface area contributed by atoms with E-state index in [-0.39, 0.29) is 18.4 Å². The second kappa shape index (κ2) is 7.50. The van der Waals surface area contributed by atoms with E-state index in [2.05, 4.69) is 21.2 Å². The number of hydrogen-bond acceptors (Lipinski definition) is 2. The smallest absolute Gasteiger partial charge is 0.305 e. The summed E-state index contributed by atoms with van der Waals surface area (Å²) in [6, 6.07) is 5.04. The highest BCUT2D eigenvalue weighted by molar-refractivity contribution is 9.10. The predicted octanol–water partition coefficient (Wildman–Crippen LogP) is 3.01. The van der Waals surface area contributed by atoms with Crippen LogP contribution in [0.1, 0.15) is 25.3 Å². The SMILES string of the molecule is CC(CC(=O)O)NC(=O)CCc1cc(Cl)ccc1Br. The van der Waals surface area contributed by atoms with E-state index in [1.807, 2.05) is 6.07 Å². The van der Waals surface area contributed by atoms with Gasteiger partial charge in [-0.15, -0.1) is 0 Å². The lowest BCUT2D eigenvalue weighted by atomic mass is 10.1. The summed E-state index contributed by atoms with van der Waals surface area (Å²) in [5.41, 5.74) is 0.952. The molecule has 4 nitrogen and oxygen atoms in total. The van der Waals surface area contributed by atoms with Crippen LogP contribution in [-0.2, 0) is 16.0 Å². The molecule has 0 spiro atoms. The van der Waals surface area contributed by atoms with Gasteiger partial charge in [-0.1, -0.05) is 27.5 Å². The van der Waals surface area contributed by atoms with E-state index < -0.39 is 5.97 Å². The van der Waals surface area contributed by atoms with Crippen molar-refractivity contribution in [3.8, 4) is 0 Å². The molecule has 0 radical (unpaired) electrons. The molecule has 1 atom stereocenters. The van der Waals surface area contributed by atoms with Crippen LogP contribution in [0.2, 0.25) is 5.02 Å². The van der Waals surface area contributed by atoms with Gasteiger partial charge >= 0.3 is 5.97 Å². The summed E-state index contributed by atoms with van der Waals surface area (Å²) in [6.07, 6.45) is 0.766.